The lowest BCUT2D eigenvalue weighted by Crippen LogP contribution is -2.41. The first-order valence-corrected chi connectivity index (χ1v) is 7.59. The Hall–Kier alpha value is -1.62. The molecule has 2 rings (SSSR count). The van der Waals surface area contributed by atoms with Gasteiger partial charge in [0, 0.05) is 37.8 Å². The second-order valence-corrected chi connectivity index (χ2v) is 6.20. The summed E-state index contributed by atoms with van der Waals surface area (Å²) in [6, 6.07) is 3.50. The maximum Gasteiger partial charge on any atom is 0.251 e. The van der Waals surface area contributed by atoms with Crippen LogP contribution in [0, 0.1) is 5.41 Å². The van der Waals surface area contributed by atoms with Crippen LogP contribution < -0.4 is 10.2 Å². The third kappa shape index (κ3) is 3.94. The number of rotatable bonds is 5. The second-order valence-electron chi connectivity index (χ2n) is 6.20. The van der Waals surface area contributed by atoms with Gasteiger partial charge in [0.25, 0.3) is 5.91 Å². The van der Waals surface area contributed by atoms with Crippen molar-refractivity contribution in [2.75, 3.05) is 32.1 Å². The van der Waals surface area contributed by atoms with Crippen molar-refractivity contribution in [3.63, 3.8) is 0 Å². The highest BCUT2D eigenvalue weighted by molar-refractivity contribution is 5.94. The molecule has 116 valence electrons. The Morgan fingerprint density at radius 1 is 1.38 bits per heavy atom. The normalized spacial score (nSPS) is 17.3. The van der Waals surface area contributed by atoms with E-state index in [1.54, 1.807) is 18.3 Å². The Bertz CT molecular complexity index is 482. The van der Waals surface area contributed by atoms with Crippen LogP contribution in [0.25, 0.3) is 0 Å². The van der Waals surface area contributed by atoms with E-state index in [0.29, 0.717) is 12.1 Å². The van der Waals surface area contributed by atoms with Gasteiger partial charge in [0.15, 0.2) is 0 Å². The molecule has 0 saturated heterocycles. The highest BCUT2D eigenvalue weighted by atomic mass is 16.3. The van der Waals surface area contributed by atoms with Crippen LogP contribution >= 0.6 is 0 Å². The van der Waals surface area contributed by atoms with Crippen molar-refractivity contribution >= 4 is 11.7 Å². The number of anilines is 1. The molecule has 0 bridgehead atoms. The third-order valence-electron chi connectivity index (χ3n) is 4.34. The standard InChI is InChI=1S/C16H25N3O2/c1-19(2)14-10-13(6-9-17-14)15(21)18-11-16(12-20)7-4-3-5-8-16/h6,9-10,20H,3-5,7-8,11-12H2,1-2H3,(H,18,21). The van der Waals surface area contributed by atoms with Gasteiger partial charge < -0.3 is 15.3 Å². The van der Waals surface area contributed by atoms with E-state index in [1.165, 1.54) is 6.42 Å². The van der Waals surface area contributed by atoms with Gasteiger partial charge in [-0.05, 0) is 25.0 Å². The molecule has 5 heteroatoms. The summed E-state index contributed by atoms with van der Waals surface area (Å²) in [7, 11) is 3.79. The first-order valence-electron chi connectivity index (χ1n) is 7.59. The minimum atomic E-state index is -0.134. The van der Waals surface area contributed by atoms with E-state index in [0.717, 1.165) is 31.5 Å². The number of nitrogens with one attached hydrogen (secondary N) is 1. The van der Waals surface area contributed by atoms with E-state index in [9.17, 15) is 9.90 Å². The Morgan fingerprint density at radius 2 is 2.10 bits per heavy atom. The van der Waals surface area contributed by atoms with E-state index < -0.39 is 0 Å². The molecule has 0 spiro atoms. The third-order valence-corrected chi connectivity index (χ3v) is 4.34. The molecule has 2 N–H and O–H groups in total. The van der Waals surface area contributed by atoms with E-state index in [1.807, 2.05) is 19.0 Å². The number of hydrogen-bond acceptors (Lipinski definition) is 4. The molecular weight excluding hydrogens is 266 g/mol. The van der Waals surface area contributed by atoms with Crippen LogP contribution in [0.4, 0.5) is 5.82 Å². The van der Waals surface area contributed by atoms with Gasteiger partial charge in [-0.15, -0.1) is 0 Å². The number of carbonyl (C=O) groups is 1. The zero-order chi connectivity index (χ0) is 15.3. The Balaban J connectivity index is 1.99. The molecule has 1 aromatic heterocycles. The van der Waals surface area contributed by atoms with E-state index in [4.69, 9.17) is 0 Å². The fourth-order valence-corrected chi connectivity index (χ4v) is 2.87. The average Bonchev–Trinajstić information content (AvgIpc) is 2.53. The average molecular weight is 291 g/mol. The number of aromatic nitrogens is 1. The molecule has 0 atom stereocenters. The summed E-state index contributed by atoms with van der Waals surface area (Å²) in [5.74, 6) is 0.663. The van der Waals surface area contributed by atoms with Gasteiger partial charge in [-0.25, -0.2) is 4.98 Å². The summed E-state index contributed by atoms with van der Waals surface area (Å²) >= 11 is 0. The smallest absolute Gasteiger partial charge is 0.251 e. The summed E-state index contributed by atoms with van der Waals surface area (Å²) in [5.41, 5.74) is 0.475. The van der Waals surface area contributed by atoms with Crippen LogP contribution in [0.2, 0.25) is 0 Å². The van der Waals surface area contributed by atoms with Crippen LogP contribution in [0.3, 0.4) is 0 Å². The van der Waals surface area contributed by atoms with Crippen LogP contribution in [-0.2, 0) is 0 Å². The van der Waals surface area contributed by atoms with Gasteiger partial charge in [-0.1, -0.05) is 19.3 Å². The lowest BCUT2D eigenvalue weighted by molar-refractivity contribution is 0.0718. The maximum atomic E-state index is 12.3. The summed E-state index contributed by atoms with van der Waals surface area (Å²) in [6.45, 7) is 0.689. The van der Waals surface area contributed by atoms with Gasteiger partial charge in [0.1, 0.15) is 5.82 Å². The fourth-order valence-electron chi connectivity index (χ4n) is 2.87. The largest absolute Gasteiger partial charge is 0.396 e. The quantitative estimate of drug-likeness (QED) is 0.868. The Labute approximate surface area is 126 Å². The number of pyridine rings is 1. The summed E-state index contributed by atoms with van der Waals surface area (Å²) in [4.78, 5) is 18.4. The van der Waals surface area contributed by atoms with Gasteiger partial charge >= 0.3 is 0 Å². The van der Waals surface area contributed by atoms with Crippen molar-refractivity contribution in [1.29, 1.82) is 0 Å². The molecule has 1 heterocycles. The zero-order valence-corrected chi connectivity index (χ0v) is 12.9. The lowest BCUT2D eigenvalue weighted by Gasteiger charge is -2.35. The number of amides is 1. The first-order chi connectivity index (χ1) is 10.1. The number of carbonyl (C=O) groups excluding carboxylic acids is 1. The number of aliphatic hydroxyl groups is 1. The van der Waals surface area contributed by atoms with E-state index >= 15 is 0 Å². The van der Waals surface area contributed by atoms with Crippen LogP contribution in [0.5, 0.6) is 0 Å². The molecule has 1 amide bonds. The molecule has 0 aromatic carbocycles. The summed E-state index contributed by atoms with van der Waals surface area (Å²) < 4.78 is 0. The van der Waals surface area contributed by atoms with Crippen LogP contribution in [0.15, 0.2) is 18.3 Å². The predicted octanol–water partition coefficient (Wildman–Crippen LogP) is 1.82. The zero-order valence-electron chi connectivity index (χ0n) is 12.9. The van der Waals surface area contributed by atoms with Gasteiger partial charge in [-0.3, -0.25) is 4.79 Å². The van der Waals surface area contributed by atoms with Gasteiger partial charge in [-0.2, -0.15) is 0 Å². The molecule has 0 radical (unpaired) electrons. The number of hydrogen-bond donors (Lipinski definition) is 2. The number of nitrogens with zero attached hydrogens (tertiary/aromatic N) is 2. The molecule has 1 saturated carbocycles. The van der Waals surface area contributed by atoms with Crippen LogP contribution in [-0.4, -0.2) is 43.2 Å². The van der Waals surface area contributed by atoms with E-state index in [-0.39, 0.29) is 17.9 Å². The van der Waals surface area contributed by atoms with Crippen molar-refractivity contribution in [3.8, 4) is 0 Å². The molecule has 1 fully saturated rings. The maximum absolute atomic E-state index is 12.3. The van der Waals surface area contributed by atoms with Crippen molar-refractivity contribution in [3.05, 3.63) is 23.9 Å². The molecule has 5 nitrogen and oxygen atoms in total. The second kappa shape index (κ2) is 6.89. The molecule has 0 aliphatic heterocycles. The highest BCUT2D eigenvalue weighted by Crippen LogP contribution is 2.35. The SMILES string of the molecule is CN(C)c1cc(C(=O)NCC2(CO)CCCCC2)ccn1. The molecule has 1 aliphatic carbocycles. The van der Waals surface area contributed by atoms with Crippen molar-refractivity contribution in [2.45, 2.75) is 32.1 Å². The van der Waals surface area contributed by atoms with Crippen LogP contribution in [0.1, 0.15) is 42.5 Å². The van der Waals surface area contributed by atoms with Gasteiger partial charge in [0.05, 0.1) is 6.61 Å². The molecule has 0 unspecified atom stereocenters. The first kappa shape index (κ1) is 15.8. The Kier molecular flexibility index (Phi) is 5.17. The topological polar surface area (TPSA) is 65.5 Å². The minimum absolute atomic E-state index is 0.0982. The van der Waals surface area contributed by atoms with E-state index in [2.05, 4.69) is 10.3 Å². The summed E-state index contributed by atoms with van der Waals surface area (Å²) in [5, 5.41) is 12.7. The fraction of sp³-hybridized carbons (Fsp3) is 0.625. The van der Waals surface area contributed by atoms with Crippen molar-refractivity contribution in [1.82, 2.24) is 10.3 Å². The lowest BCUT2D eigenvalue weighted by atomic mass is 9.74. The molecule has 1 aliphatic rings. The highest BCUT2D eigenvalue weighted by Gasteiger charge is 2.31. The molecule has 21 heavy (non-hydrogen) atoms. The minimum Gasteiger partial charge on any atom is -0.396 e. The Morgan fingerprint density at radius 3 is 2.71 bits per heavy atom. The predicted molar refractivity (Wildman–Crippen MR) is 83.5 cm³/mol. The monoisotopic (exact) mass is 291 g/mol. The van der Waals surface area contributed by atoms with Gasteiger partial charge in [0.2, 0.25) is 0 Å². The molecular formula is C16H25N3O2. The van der Waals surface area contributed by atoms with Crippen molar-refractivity contribution < 1.29 is 9.90 Å². The number of aliphatic hydroxyl groups excluding tert-OH is 1. The van der Waals surface area contributed by atoms with Crippen molar-refractivity contribution in [2.24, 2.45) is 5.41 Å². The molecule has 1 aromatic rings. The summed E-state index contributed by atoms with van der Waals surface area (Å²) in [6.07, 6.45) is 7.12.